The lowest BCUT2D eigenvalue weighted by Crippen LogP contribution is -1.78. The summed E-state index contributed by atoms with van der Waals surface area (Å²) in [7, 11) is 0. The molecule has 0 heteroatoms. The summed E-state index contributed by atoms with van der Waals surface area (Å²) in [6.07, 6.45) is 15.6. The van der Waals surface area contributed by atoms with Gasteiger partial charge >= 0.3 is 0 Å². The molecular weight excluding hydrogens is 168 g/mol. The van der Waals surface area contributed by atoms with E-state index in [-0.39, 0.29) is 0 Å². The third-order valence-corrected chi connectivity index (χ3v) is 2.21. The van der Waals surface area contributed by atoms with Crippen molar-refractivity contribution in [3.05, 3.63) is 25.3 Å². The van der Waals surface area contributed by atoms with Crippen LogP contribution in [0.2, 0.25) is 0 Å². The topological polar surface area (TPSA) is 0 Å². The van der Waals surface area contributed by atoms with E-state index >= 15 is 0 Å². The lowest BCUT2D eigenvalue weighted by molar-refractivity contribution is 0.592. The van der Waals surface area contributed by atoms with Crippen molar-refractivity contribution in [1.29, 1.82) is 0 Å². The summed E-state index contributed by atoms with van der Waals surface area (Å²) in [4.78, 5) is 0. The van der Waals surface area contributed by atoms with Crippen LogP contribution in [-0.2, 0) is 0 Å². The molecule has 0 N–H and O–H groups in total. The first-order valence-corrected chi connectivity index (χ1v) is 6.03. The Bertz CT molecular complexity index is 103. The van der Waals surface area contributed by atoms with E-state index < -0.39 is 0 Å². The summed E-state index contributed by atoms with van der Waals surface area (Å²) in [5.74, 6) is 0. The van der Waals surface area contributed by atoms with Gasteiger partial charge in [0.25, 0.3) is 0 Å². The quantitative estimate of drug-likeness (QED) is 0.355. The number of allylic oxidation sites excluding steroid dienone is 2. The van der Waals surface area contributed by atoms with Crippen molar-refractivity contribution in [2.24, 2.45) is 0 Å². The largest absolute Gasteiger partial charge is 0.106 e. The molecule has 0 aliphatic carbocycles. The number of hydrogen-bond acceptors (Lipinski definition) is 0. The van der Waals surface area contributed by atoms with Gasteiger partial charge in [-0.25, -0.2) is 0 Å². The Kier molecular flexibility index (Phi) is 20.8. The smallest absolute Gasteiger partial charge is 0.0351 e. The molecule has 0 radical (unpaired) electrons. The van der Waals surface area contributed by atoms with E-state index in [1.54, 1.807) is 0 Å². The molecule has 0 aromatic carbocycles. The van der Waals surface area contributed by atoms with Gasteiger partial charge in [0, 0.05) is 0 Å². The van der Waals surface area contributed by atoms with Gasteiger partial charge in [-0.3, -0.25) is 0 Å². The zero-order valence-electron chi connectivity index (χ0n) is 10.2. The van der Waals surface area contributed by atoms with Crippen molar-refractivity contribution in [3.63, 3.8) is 0 Å². The molecule has 0 heterocycles. The fraction of sp³-hybridized carbons (Fsp3) is 0.714. The van der Waals surface area contributed by atoms with Gasteiger partial charge in [-0.2, -0.15) is 0 Å². The van der Waals surface area contributed by atoms with Crippen LogP contribution in [-0.4, -0.2) is 0 Å². The van der Waals surface area contributed by atoms with Crippen molar-refractivity contribution < 1.29 is 0 Å². The van der Waals surface area contributed by atoms with Crippen LogP contribution in [0.5, 0.6) is 0 Å². The Morgan fingerprint density at radius 3 is 1.86 bits per heavy atom. The predicted octanol–water partition coefficient (Wildman–Crippen LogP) is 5.51. The molecule has 0 atom stereocenters. The fourth-order valence-corrected chi connectivity index (χ4v) is 1.39. The highest BCUT2D eigenvalue weighted by Gasteiger charge is 1.88. The van der Waals surface area contributed by atoms with Crippen molar-refractivity contribution in [1.82, 2.24) is 0 Å². The summed E-state index contributed by atoms with van der Waals surface area (Å²) >= 11 is 0. The minimum atomic E-state index is 1.28. The second-order valence-electron chi connectivity index (χ2n) is 3.48. The zero-order chi connectivity index (χ0) is 11.1. The van der Waals surface area contributed by atoms with E-state index in [2.05, 4.69) is 39.2 Å². The van der Waals surface area contributed by atoms with Gasteiger partial charge in [0.05, 0.1) is 0 Å². The van der Waals surface area contributed by atoms with Crippen LogP contribution in [0.15, 0.2) is 25.3 Å². The third kappa shape index (κ3) is 17.5. The predicted molar refractivity (Wildman–Crippen MR) is 68.7 cm³/mol. The van der Waals surface area contributed by atoms with Crippen molar-refractivity contribution >= 4 is 0 Å². The fourth-order valence-electron chi connectivity index (χ4n) is 1.39. The maximum Gasteiger partial charge on any atom is -0.0351 e. The molecule has 84 valence electrons. The first kappa shape index (κ1) is 15.9. The Morgan fingerprint density at radius 2 is 1.36 bits per heavy atom. The van der Waals surface area contributed by atoms with Gasteiger partial charge in [-0.15, -0.1) is 13.2 Å². The van der Waals surface area contributed by atoms with Gasteiger partial charge in [0.2, 0.25) is 0 Å². The highest BCUT2D eigenvalue weighted by Crippen LogP contribution is 2.08. The molecule has 0 aliphatic rings. The first-order chi connectivity index (χ1) is 6.91. The van der Waals surface area contributed by atoms with Crippen LogP contribution in [0.25, 0.3) is 0 Å². The maximum atomic E-state index is 3.00. The minimum absolute atomic E-state index is 1.28. The Labute approximate surface area is 91.1 Å². The summed E-state index contributed by atoms with van der Waals surface area (Å²) in [6, 6.07) is 0. The van der Waals surface area contributed by atoms with Crippen molar-refractivity contribution in [2.45, 2.75) is 65.2 Å². The van der Waals surface area contributed by atoms with Crippen LogP contribution in [0.1, 0.15) is 65.2 Å². The molecule has 0 saturated heterocycles. The Hall–Kier alpha value is -0.520. The SMILES string of the molecule is C=C.CC=CCCCCCCCCC. The van der Waals surface area contributed by atoms with E-state index in [9.17, 15) is 0 Å². The molecule has 0 amide bonds. The minimum Gasteiger partial charge on any atom is -0.106 e. The first-order valence-electron chi connectivity index (χ1n) is 6.03. The molecule has 0 unspecified atom stereocenters. The Morgan fingerprint density at radius 1 is 0.857 bits per heavy atom. The molecular formula is C14H28. The highest BCUT2D eigenvalue weighted by molar-refractivity contribution is 4.76. The van der Waals surface area contributed by atoms with Crippen LogP contribution in [0.3, 0.4) is 0 Å². The maximum absolute atomic E-state index is 3.00. The average Bonchev–Trinajstić information content (AvgIpc) is 2.25. The third-order valence-electron chi connectivity index (χ3n) is 2.21. The highest BCUT2D eigenvalue weighted by atomic mass is 13.9. The van der Waals surface area contributed by atoms with Gasteiger partial charge < -0.3 is 0 Å². The monoisotopic (exact) mass is 196 g/mol. The second-order valence-corrected chi connectivity index (χ2v) is 3.48. The van der Waals surface area contributed by atoms with Gasteiger partial charge in [0.1, 0.15) is 0 Å². The van der Waals surface area contributed by atoms with Crippen LogP contribution in [0.4, 0.5) is 0 Å². The van der Waals surface area contributed by atoms with Crippen molar-refractivity contribution in [3.8, 4) is 0 Å². The molecule has 0 aliphatic heterocycles. The number of hydrogen-bond donors (Lipinski definition) is 0. The van der Waals surface area contributed by atoms with E-state index in [1.165, 1.54) is 51.4 Å². The summed E-state index contributed by atoms with van der Waals surface area (Å²) in [5, 5.41) is 0. The van der Waals surface area contributed by atoms with Crippen LogP contribution >= 0.6 is 0 Å². The lowest BCUT2D eigenvalue weighted by atomic mass is 10.1. The van der Waals surface area contributed by atoms with E-state index in [1.807, 2.05) is 0 Å². The molecule has 0 aromatic heterocycles. The zero-order valence-corrected chi connectivity index (χ0v) is 10.2. The molecule has 0 aromatic rings. The number of rotatable bonds is 8. The molecule has 0 rings (SSSR count). The Balaban J connectivity index is 0. The van der Waals surface area contributed by atoms with Crippen molar-refractivity contribution in [2.75, 3.05) is 0 Å². The molecule has 14 heavy (non-hydrogen) atoms. The summed E-state index contributed by atoms with van der Waals surface area (Å²) in [6.45, 7) is 10.4. The van der Waals surface area contributed by atoms with E-state index in [0.717, 1.165) is 0 Å². The lowest BCUT2D eigenvalue weighted by Gasteiger charge is -1.98. The number of unbranched alkanes of at least 4 members (excludes halogenated alkanes) is 7. The molecule has 0 saturated carbocycles. The standard InChI is InChI=1S/C12H24.C2H4/c1-3-5-7-9-11-12-10-8-6-4-2;1-2/h3,5H,4,6-12H2,1-2H3;1-2H2. The van der Waals surface area contributed by atoms with Gasteiger partial charge in [0.15, 0.2) is 0 Å². The van der Waals surface area contributed by atoms with Gasteiger partial charge in [-0.05, 0) is 19.8 Å². The molecule has 0 fully saturated rings. The molecule has 0 nitrogen and oxygen atoms in total. The summed E-state index contributed by atoms with van der Waals surface area (Å²) in [5.41, 5.74) is 0. The van der Waals surface area contributed by atoms with E-state index in [0.29, 0.717) is 0 Å². The normalized spacial score (nSPS) is 9.86. The second kappa shape index (κ2) is 18.3. The molecule has 0 spiro atoms. The molecule has 0 bridgehead atoms. The van der Waals surface area contributed by atoms with Crippen LogP contribution < -0.4 is 0 Å². The summed E-state index contributed by atoms with van der Waals surface area (Å²) < 4.78 is 0. The van der Waals surface area contributed by atoms with Gasteiger partial charge in [-0.1, -0.05) is 57.6 Å². The average molecular weight is 196 g/mol. The van der Waals surface area contributed by atoms with E-state index in [4.69, 9.17) is 0 Å². The van der Waals surface area contributed by atoms with Crippen LogP contribution in [0, 0.1) is 0 Å².